The lowest BCUT2D eigenvalue weighted by atomic mass is 9.81. The maximum atomic E-state index is 6.00. The van der Waals surface area contributed by atoms with Crippen LogP contribution >= 0.6 is 0 Å². The van der Waals surface area contributed by atoms with E-state index in [0.29, 0.717) is 5.92 Å². The zero-order chi connectivity index (χ0) is 16.0. The molecule has 0 aliphatic carbocycles. The van der Waals surface area contributed by atoms with Crippen LogP contribution in [0, 0.1) is 5.92 Å². The second-order valence-electron chi connectivity index (χ2n) is 7.00. The van der Waals surface area contributed by atoms with Crippen LogP contribution in [0.25, 0.3) is 11.1 Å². The van der Waals surface area contributed by atoms with Crippen molar-refractivity contribution < 1.29 is 4.84 Å². The van der Waals surface area contributed by atoms with Crippen molar-refractivity contribution in [2.24, 2.45) is 10.9 Å². The summed E-state index contributed by atoms with van der Waals surface area (Å²) >= 11 is 0. The highest BCUT2D eigenvalue weighted by Crippen LogP contribution is 2.40. The number of hydrogen-bond acceptors (Lipinski definition) is 4. The third kappa shape index (κ3) is 2.26. The Labute approximate surface area is 142 Å². The summed E-state index contributed by atoms with van der Waals surface area (Å²) in [5.74, 6) is 1.40. The molecule has 0 aromatic heterocycles. The average Bonchev–Trinajstić information content (AvgIpc) is 3.07. The van der Waals surface area contributed by atoms with Gasteiger partial charge in [-0.3, -0.25) is 4.90 Å². The predicted molar refractivity (Wildman–Crippen MR) is 94.5 cm³/mol. The molecule has 4 heteroatoms. The Bertz CT molecular complexity index is 763. The molecule has 3 fully saturated rings. The molecule has 4 aliphatic heterocycles. The number of hydrogen-bond donors (Lipinski definition) is 1. The highest BCUT2D eigenvalue weighted by atomic mass is 16.7. The number of benzene rings is 2. The first kappa shape index (κ1) is 14.2. The summed E-state index contributed by atoms with van der Waals surface area (Å²) in [5, 5.41) is 0. The van der Waals surface area contributed by atoms with E-state index < -0.39 is 0 Å². The Morgan fingerprint density at radius 1 is 0.917 bits per heavy atom. The lowest BCUT2D eigenvalue weighted by molar-refractivity contribution is -0.155. The highest BCUT2D eigenvalue weighted by Gasteiger charge is 2.51. The van der Waals surface area contributed by atoms with Gasteiger partial charge in [0.2, 0.25) is 5.72 Å². The van der Waals surface area contributed by atoms with Crippen LogP contribution in [-0.2, 0) is 4.84 Å². The molecular formula is C20H21N3O. The van der Waals surface area contributed by atoms with Gasteiger partial charge in [-0.15, -0.1) is 0 Å². The van der Waals surface area contributed by atoms with Gasteiger partial charge in [0.1, 0.15) is 0 Å². The van der Waals surface area contributed by atoms with Crippen LogP contribution in [0.15, 0.2) is 59.6 Å². The van der Waals surface area contributed by atoms with Crippen LogP contribution in [0.3, 0.4) is 0 Å². The fourth-order valence-corrected chi connectivity index (χ4v) is 4.18. The number of piperidine rings is 3. The smallest absolute Gasteiger partial charge is 0.202 e. The van der Waals surface area contributed by atoms with Gasteiger partial charge in [-0.25, -0.2) is 15.3 Å². The first-order valence-corrected chi connectivity index (χ1v) is 8.74. The lowest BCUT2D eigenvalue weighted by Crippen LogP contribution is -2.58. The molecule has 1 unspecified atom stereocenters. The number of aliphatic imine (C=N–C) groups is 1. The molecule has 122 valence electrons. The summed E-state index contributed by atoms with van der Waals surface area (Å²) in [5.41, 5.74) is 6.27. The van der Waals surface area contributed by atoms with Gasteiger partial charge in [0.05, 0.1) is 6.54 Å². The van der Waals surface area contributed by atoms with Gasteiger partial charge < -0.3 is 0 Å². The van der Waals surface area contributed by atoms with E-state index in [4.69, 9.17) is 9.83 Å². The van der Waals surface area contributed by atoms with Crippen LogP contribution in [0.4, 0.5) is 0 Å². The number of hydroxylamine groups is 1. The molecule has 24 heavy (non-hydrogen) atoms. The van der Waals surface area contributed by atoms with E-state index in [9.17, 15) is 0 Å². The van der Waals surface area contributed by atoms with Crippen molar-refractivity contribution in [3.63, 3.8) is 0 Å². The minimum atomic E-state index is -0.371. The summed E-state index contributed by atoms with van der Waals surface area (Å²) in [7, 11) is 0. The van der Waals surface area contributed by atoms with Crippen LogP contribution in [0.5, 0.6) is 0 Å². The van der Waals surface area contributed by atoms with Crippen molar-refractivity contribution in [2.75, 3.05) is 19.6 Å². The Morgan fingerprint density at radius 3 is 2.25 bits per heavy atom. The first-order chi connectivity index (χ1) is 11.8. The Balaban J connectivity index is 1.42. The third-order valence-corrected chi connectivity index (χ3v) is 5.57. The van der Waals surface area contributed by atoms with Gasteiger partial charge in [-0.05, 0) is 37.1 Å². The van der Waals surface area contributed by atoms with Gasteiger partial charge >= 0.3 is 0 Å². The summed E-state index contributed by atoms with van der Waals surface area (Å²) in [6.45, 7) is 3.29. The van der Waals surface area contributed by atoms with E-state index >= 15 is 0 Å². The van der Waals surface area contributed by atoms with Crippen molar-refractivity contribution in [1.29, 1.82) is 0 Å². The molecule has 6 rings (SSSR count). The number of nitrogens with one attached hydrogen (secondary N) is 1. The zero-order valence-corrected chi connectivity index (χ0v) is 13.6. The van der Waals surface area contributed by atoms with Gasteiger partial charge in [0.15, 0.2) is 5.84 Å². The number of fused-ring (bicyclic) bond motifs is 2. The SMILES string of the molecule is c1ccc(-c2ccc(C3=NC4(CN5CCC4CC5)ON3)cc2)cc1. The summed E-state index contributed by atoms with van der Waals surface area (Å²) in [6.07, 6.45) is 2.37. The van der Waals surface area contributed by atoms with E-state index in [0.717, 1.165) is 17.9 Å². The van der Waals surface area contributed by atoms with Gasteiger partial charge in [-0.2, -0.15) is 0 Å². The topological polar surface area (TPSA) is 36.9 Å². The van der Waals surface area contributed by atoms with Crippen LogP contribution in [0.1, 0.15) is 18.4 Å². The van der Waals surface area contributed by atoms with Crippen molar-refractivity contribution >= 4 is 5.84 Å². The maximum Gasteiger partial charge on any atom is 0.202 e. The van der Waals surface area contributed by atoms with E-state index in [-0.39, 0.29) is 5.72 Å². The monoisotopic (exact) mass is 319 g/mol. The second-order valence-corrected chi connectivity index (χ2v) is 7.00. The van der Waals surface area contributed by atoms with E-state index in [1.54, 1.807) is 0 Å². The molecular weight excluding hydrogens is 298 g/mol. The van der Waals surface area contributed by atoms with Gasteiger partial charge in [0, 0.05) is 11.5 Å². The first-order valence-electron chi connectivity index (χ1n) is 8.74. The Hall–Kier alpha value is -2.17. The second kappa shape index (κ2) is 5.43. The minimum absolute atomic E-state index is 0.371. The van der Waals surface area contributed by atoms with E-state index in [1.165, 1.54) is 37.1 Å². The zero-order valence-electron chi connectivity index (χ0n) is 13.6. The quantitative estimate of drug-likeness (QED) is 0.924. The minimum Gasteiger partial charge on any atom is -0.298 e. The van der Waals surface area contributed by atoms with Crippen LogP contribution in [-0.4, -0.2) is 36.1 Å². The van der Waals surface area contributed by atoms with E-state index in [2.05, 4.69) is 58.9 Å². The van der Waals surface area contributed by atoms with Gasteiger partial charge in [0.25, 0.3) is 0 Å². The fraction of sp³-hybridized carbons (Fsp3) is 0.350. The molecule has 1 atom stereocenters. The molecule has 4 heterocycles. The number of amidine groups is 1. The molecule has 3 saturated heterocycles. The van der Waals surface area contributed by atoms with E-state index in [1.807, 2.05) is 6.07 Å². The molecule has 1 N–H and O–H groups in total. The predicted octanol–water partition coefficient (Wildman–Crippen LogP) is 3.06. The summed E-state index contributed by atoms with van der Waals surface area (Å²) in [4.78, 5) is 13.4. The molecule has 2 aromatic rings. The van der Waals surface area contributed by atoms with Crippen molar-refractivity contribution in [3.8, 4) is 11.1 Å². The molecule has 1 spiro atoms. The molecule has 0 radical (unpaired) electrons. The average molecular weight is 319 g/mol. The molecule has 0 amide bonds. The van der Waals surface area contributed by atoms with Crippen molar-refractivity contribution in [2.45, 2.75) is 18.6 Å². The van der Waals surface area contributed by atoms with Crippen LogP contribution < -0.4 is 5.48 Å². The number of rotatable bonds is 2. The fourth-order valence-electron chi connectivity index (χ4n) is 4.18. The standard InChI is InChI=1S/C20H21N3O/c1-2-4-15(5-3-1)16-6-8-17(9-7-16)19-21-20(24-22-19)14-23-12-10-18(20)11-13-23/h1-9,18H,10-14H2,(H,21,22). The lowest BCUT2D eigenvalue weighted by Gasteiger charge is -2.47. The molecule has 4 nitrogen and oxygen atoms in total. The summed E-state index contributed by atoms with van der Waals surface area (Å²) < 4.78 is 0. The molecule has 4 aliphatic rings. The van der Waals surface area contributed by atoms with Crippen molar-refractivity contribution in [1.82, 2.24) is 10.4 Å². The maximum absolute atomic E-state index is 6.00. The third-order valence-electron chi connectivity index (χ3n) is 5.57. The molecule has 2 bridgehead atoms. The normalized spacial score (nSPS) is 31.1. The van der Waals surface area contributed by atoms with Crippen molar-refractivity contribution in [3.05, 3.63) is 60.2 Å². The van der Waals surface area contributed by atoms with Gasteiger partial charge in [-0.1, -0.05) is 54.6 Å². The molecule has 2 aromatic carbocycles. The molecule has 0 saturated carbocycles. The highest BCUT2D eigenvalue weighted by molar-refractivity contribution is 5.99. The summed E-state index contributed by atoms with van der Waals surface area (Å²) in [6, 6.07) is 19.0. The van der Waals surface area contributed by atoms with Crippen LogP contribution in [0.2, 0.25) is 0 Å². The Morgan fingerprint density at radius 2 is 1.58 bits per heavy atom. The Kier molecular flexibility index (Phi) is 3.21. The largest absolute Gasteiger partial charge is 0.298 e. The number of nitrogens with zero attached hydrogens (tertiary/aromatic N) is 2.